The molecule has 3 aromatic rings. The van der Waals surface area contributed by atoms with Crippen molar-refractivity contribution in [2.75, 3.05) is 31.1 Å². The number of aromatic nitrogens is 2. The quantitative estimate of drug-likeness (QED) is 0.576. The van der Waals surface area contributed by atoms with Crippen LogP contribution in [0.5, 0.6) is 0 Å². The van der Waals surface area contributed by atoms with Gasteiger partial charge >= 0.3 is 0 Å². The highest BCUT2D eigenvalue weighted by atomic mass is 35.5. The van der Waals surface area contributed by atoms with Gasteiger partial charge < -0.3 is 20.1 Å². The Kier molecular flexibility index (Phi) is 5.03. The van der Waals surface area contributed by atoms with Gasteiger partial charge in [-0.15, -0.1) is 0 Å². The lowest BCUT2D eigenvalue weighted by molar-refractivity contribution is -0.156. The van der Waals surface area contributed by atoms with E-state index in [2.05, 4.69) is 9.97 Å². The Morgan fingerprint density at radius 1 is 1.14 bits per heavy atom. The third-order valence-corrected chi connectivity index (χ3v) is 5.24. The van der Waals surface area contributed by atoms with Crippen LogP contribution in [0.15, 0.2) is 41.3 Å². The fourth-order valence-corrected chi connectivity index (χ4v) is 3.61. The second kappa shape index (κ2) is 7.48. The van der Waals surface area contributed by atoms with Gasteiger partial charge in [-0.25, -0.2) is 9.37 Å². The minimum absolute atomic E-state index is 0.192. The zero-order chi connectivity index (χ0) is 19.8. The second-order valence-electron chi connectivity index (χ2n) is 6.61. The number of aliphatic hydroxyl groups excluding tert-OH is 1. The summed E-state index contributed by atoms with van der Waals surface area (Å²) in [4.78, 5) is 22.5. The van der Waals surface area contributed by atoms with Crippen molar-refractivity contribution < 1.29 is 14.6 Å². The molecule has 28 heavy (non-hydrogen) atoms. The number of H-pyrrole nitrogens is 1. The maximum absolute atomic E-state index is 14.7. The first-order valence-corrected chi connectivity index (χ1v) is 9.14. The fraction of sp³-hybridized carbons (Fsp3) is 0.263. The number of fused-ring (bicyclic) bond motifs is 1. The van der Waals surface area contributed by atoms with E-state index in [4.69, 9.17) is 11.6 Å². The van der Waals surface area contributed by atoms with Crippen molar-refractivity contribution in [2.24, 2.45) is 0 Å². The number of halogens is 2. The largest absolute Gasteiger partial charge is 0.356 e. The molecule has 0 radical (unpaired) electrons. The summed E-state index contributed by atoms with van der Waals surface area (Å²) < 4.78 is 14.7. The van der Waals surface area contributed by atoms with Gasteiger partial charge in [-0.3, -0.25) is 9.69 Å². The average Bonchev–Trinajstić information content (AvgIpc) is 2.68. The minimum Gasteiger partial charge on any atom is -0.356 e. The first-order chi connectivity index (χ1) is 13.4. The summed E-state index contributed by atoms with van der Waals surface area (Å²) in [5, 5.41) is 19.9. The van der Waals surface area contributed by atoms with Crippen molar-refractivity contribution in [2.45, 2.75) is 6.41 Å². The van der Waals surface area contributed by atoms with E-state index in [-0.39, 0.29) is 11.4 Å². The number of aliphatic hydroxyl groups is 2. The van der Waals surface area contributed by atoms with E-state index in [1.807, 2.05) is 0 Å². The van der Waals surface area contributed by atoms with Crippen LogP contribution in [0.25, 0.3) is 22.0 Å². The van der Waals surface area contributed by atoms with Crippen LogP contribution in [-0.2, 0) is 0 Å². The third kappa shape index (κ3) is 3.47. The average molecular weight is 405 g/mol. The molecule has 4 rings (SSSR count). The summed E-state index contributed by atoms with van der Waals surface area (Å²) in [5.74, 6) is -0.326. The normalized spacial score (nSPS) is 15.5. The Morgan fingerprint density at radius 2 is 1.89 bits per heavy atom. The Labute approximate surface area is 164 Å². The Bertz CT molecular complexity index is 1080. The van der Waals surface area contributed by atoms with Gasteiger partial charge in [0, 0.05) is 53.7 Å². The van der Waals surface area contributed by atoms with Crippen LogP contribution in [0.1, 0.15) is 0 Å². The fourth-order valence-electron chi connectivity index (χ4n) is 3.38. The maximum atomic E-state index is 14.7. The van der Waals surface area contributed by atoms with Crippen LogP contribution in [0.3, 0.4) is 0 Å². The Morgan fingerprint density at radius 3 is 2.57 bits per heavy atom. The number of anilines is 1. The van der Waals surface area contributed by atoms with E-state index in [9.17, 15) is 19.4 Å². The molecule has 0 atom stereocenters. The van der Waals surface area contributed by atoms with E-state index >= 15 is 0 Å². The summed E-state index contributed by atoms with van der Waals surface area (Å²) in [6.45, 7) is 1.61. The molecule has 0 bridgehead atoms. The van der Waals surface area contributed by atoms with E-state index < -0.39 is 12.2 Å². The lowest BCUT2D eigenvalue weighted by atomic mass is 10.1. The van der Waals surface area contributed by atoms with Crippen molar-refractivity contribution >= 4 is 28.2 Å². The molecule has 1 aliphatic heterocycles. The molecule has 0 amide bonds. The summed E-state index contributed by atoms with van der Waals surface area (Å²) in [6, 6.07) is 8.10. The smallest absolute Gasteiger partial charge is 0.256 e. The van der Waals surface area contributed by atoms with E-state index in [0.717, 1.165) is 0 Å². The highest BCUT2D eigenvalue weighted by Crippen LogP contribution is 2.27. The standard InChI is InChI=1S/C19H18ClFN4O3/c20-14-3-1-2-12-13(14)9-16(23-18(12)26)11-8-15(21)17(22-10-11)24-4-6-25(7-5-24)19(27)28/h1-3,8-10,19,27-28H,4-7H2,(H,23,26). The van der Waals surface area contributed by atoms with Gasteiger partial charge in [-0.2, -0.15) is 0 Å². The molecule has 0 aliphatic carbocycles. The van der Waals surface area contributed by atoms with Gasteiger partial charge in [-0.1, -0.05) is 17.7 Å². The Hall–Kier alpha value is -2.52. The lowest BCUT2D eigenvalue weighted by Gasteiger charge is -2.36. The first-order valence-electron chi connectivity index (χ1n) is 8.76. The summed E-state index contributed by atoms with van der Waals surface area (Å²) in [5.41, 5.74) is 0.555. The molecule has 0 spiro atoms. The maximum Gasteiger partial charge on any atom is 0.256 e. The number of pyridine rings is 2. The molecule has 1 fully saturated rings. The number of aromatic amines is 1. The van der Waals surface area contributed by atoms with Crippen LogP contribution in [0.4, 0.5) is 10.2 Å². The van der Waals surface area contributed by atoms with E-state index in [0.29, 0.717) is 53.2 Å². The molecular weight excluding hydrogens is 387 g/mol. The number of nitrogens with zero attached hydrogens (tertiary/aromatic N) is 3. The van der Waals surface area contributed by atoms with Crippen LogP contribution < -0.4 is 10.5 Å². The molecular formula is C19H18ClFN4O3. The SMILES string of the molecule is O=c1[nH]c(-c2cnc(N3CCN(C(O)O)CC3)c(F)c2)cc2c(Cl)cccc12. The van der Waals surface area contributed by atoms with Crippen molar-refractivity contribution in [3.63, 3.8) is 0 Å². The van der Waals surface area contributed by atoms with Gasteiger partial charge in [0.2, 0.25) is 6.41 Å². The predicted octanol–water partition coefficient (Wildman–Crippen LogP) is 1.77. The van der Waals surface area contributed by atoms with Crippen LogP contribution >= 0.6 is 11.6 Å². The summed E-state index contributed by atoms with van der Waals surface area (Å²) >= 11 is 6.19. The molecule has 9 heteroatoms. The molecule has 1 aliphatic rings. The summed E-state index contributed by atoms with van der Waals surface area (Å²) in [6.07, 6.45) is -0.0153. The zero-order valence-electron chi connectivity index (χ0n) is 14.8. The van der Waals surface area contributed by atoms with Crippen molar-refractivity contribution in [1.82, 2.24) is 14.9 Å². The first kappa shape index (κ1) is 18.8. The van der Waals surface area contributed by atoms with Crippen LogP contribution in [0.2, 0.25) is 5.02 Å². The van der Waals surface area contributed by atoms with Crippen molar-refractivity contribution in [3.8, 4) is 11.3 Å². The molecule has 2 aromatic heterocycles. The van der Waals surface area contributed by atoms with Crippen LogP contribution in [0, 0.1) is 5.82 Å². The molecule has 146 valence electrons. The lowest BCUT2D eigenvalue weighted by Crippen LogP contribution is -2.50. The Balaban J connectivity index is 1.65. The topological polar surface area (TPSA) is 92.7 Å². The number of nitrogens with one attached hydrogen (secondary N) is 1. The predicted molar refractivity (Wildman–Crippen MR) is 105 cm³/mol. The highest BCUT2D eigenvalue weighted by Gasteiger charge is 2.23. The number of hydrogen-bond acceptors (Lipinski definition) is 6. The number of piperazine rings is 1. The van der Waals surface area contributed by atoms with Crippen molar-refractivity contribution in [1.29, 1.82) is 0 Å². The second-order valence-corrected chi connectivity index (χ2v) is 7.02. The van der Waals surface area contributed by atoms with Gasteiger partial charge in [0.25, 0.3) is 5.56 Å². The molecule has 3 heterocycles. The number of hydrogen-bond donors (Lipinski definition) is 3. The third-order valence-electron chi connectivity index (χ3n) is 4.91. The van der Waals surface area contributed by atoms with E-state index in [1.165, 1.54) is 17.2 Å². The number of benzene rings is 1. The summed E-state index contributed by atoms with van der Waals surface area (Å²) in [7, 11) is 0. The molecule has 0 unspecified atom stereocenters. The molecule has 0 saturated carbocycles. The van der Waals surface area contributed by atoms with Gasteiger partial charge in [0.05, 0.1) is 5.69 Å². The van der Waals surface area contributed by atoms with Gasteiger partial charge in [0.1, 0.15) is 0 Å². The highest BCUT2D eigenvalue weighted by molar-refractivity contribution is 6.35. The van der Waals surface area contributed by atoms with Gasteiger partial charge in [-0.05, 0) is 24.3 Å². The van der Waals surface area contributed by atoms with E-state index in [1.54, 1.807) is 29.2 Å². The minimum atomic E-state index is -1.51. The zero-order valence-corrected chi connectivity index (χ0v) is 15.5. The molecule has 1 aromatic carbocycles. The number of rotatable bonds is 3. The van der Waals surface area contributed by atoms with Gasteiger partial charge in [0.15, 0.2) is 11.6 Å². The monoisotopic (exact) mass is 404 g/mol. The molecule has 7 nitrogen and oxygen atoms in total. The van der Waals surface area contributed by atoms with Crippen LogP contribution in [-0.4, -0.2) is 57.7 Å². The molecule has 1 saturated heterocycles. The molecule has 3 N–H and O–H groups in total. The van der Waals surface area contributed by atoms with Crippen molar-refractivity contribution in [3.05, 3.63) is 57.7 Å².